The second-order valence-electron chi connectivity index (χ2n) is 6.16. The van der Waals surface area contributed by atoms with Crippen molar-refractivity contribution < 1.29 is 8.42 Å². The molecular weight excluding hydrogens is 274 g/mol. The summed E-state index contributed by atoms with van der Waals surface area (Å²) in [6.45, 7) is 7.09. The number of nitrogens with two attached hydrogens (primary N) is 1. The molecule has 2 fully saturated rings. The van der Waals surface area contributed by atoms with Crippen molar-refractivity contribution in [3.05, 3.63) is 0 Å². The molecule has 0 amide bonds. The summed E-state index contributed by atoms with van der Waals surface area (Å²) in [4.78, 5) is 2.53. The topological polar surface area (TPSA) is 66.6 Å². The van der Waals surface area contributed by atoms with E-state index in [4.69, 9.17) is 5.73 Å². The molecule has 2 rings (SSSR count). The van der Waals surface area contributed by atoms with E-state index in [1.54, 1.807) is 4.31 Å². The number of nitrogens with zero attached hydrogens (tertiary/aromatic N) is 2. The van der Waals surface area contributed by atoms with Crippen molar-refractivity contribution in [2.75, 3.05) is 39.3 Å². The fraction of sp³-hybridized carbons (Fsp3) is 1.00. The van der Waals surface area contributed by atoms with E-state index >= 15 is 0 Å². The Labute approximate surface area is 123 Å². The van der Waals surface area contributed by atoms with E-state index < -0.39 is 15.3 Å². The van der Waals surface area contributed by atoms with Crippen LogP contribution < -0.4 is 5.73 Å². The monoisotopic (exact) mass is 303 g/mol. The van der Waals surface area contributed by atoms with E-state index in [9.17, 15) is 8.42 Å². The third-order valence-electron chi connectivity index (χ3n) is 4.79. The Morgan fingerprint density at radius 1 is 1.15 bits per heavy atom. The van der Waals surface area contributed by atoms with Crippen molar-refractivity contribution >= 4 is 10.0 Å². The van der Waals surface area contributed by atoms with E-state index in [-0.39, 0.29) is 6.54 Å². The molecule has 1 unspecified atom stereocenters. The first kappa shape index (κ1) is 16.2. The van der Waals surface area contributed by atoms with Gasteiger partial charge in [0.25, 0.3) is 0 Å². The third-order valence-corrected chi connectivity index (χ3v) is 7.24. The molecule has 0 aromatic carbocycles. The number of sulfonamides is 1. The minimum atomic E-state index is -3.18. The average Bonchev–Trinajstić information content (AvgIpc) is 2.93. The normalized spacial score (nSPS) is 25.1. The van der Waals surface area contributed by atoms with Crippen LogP contribution in [0.1, 0.15) is 39.0 Å². The molecule has 20 heavy (non-hydrogen) atoms. The Morgan fingerprint density at radius 3 is 2.25 bits per heavy atom. The second kappa shape index (κ2) is 7.20. The van der Waals surface area contributed by atoms with Gasteiger partial charge in [-0.25, -0.2) is 12.7 Å². The van der Waals surface area contributed by atoms with Gasteiger partial charge in [-0.05, 0) is 51.1 Å². The molecule has 0 aliphatic carbocycles. The summed E-state index contributed by atoms with van der Waals surface area (Å²) in [6.07, 6.45) is 5.24. The quantitative estimate of drug-likeness (QED) is 0.790. The zero-order valence-corrected chi connectivity index (χ0v) is 13.4. The number of hydrogen-bond acceptors (Lipinski definition) is 4. The molecule has 0 radical (unpaired) electrons. The minimum absolute atomic E-state index is 0.229. The number of hydrogen-bond donors (Lipinski definition) is 1. The van der Waals surface area contributed by atoms with E-state index in [1.165, 1.54) is 25.9 Å². The van der Waals surface area contributed by atoms with Crippen molar-refractivity contribution in [2.45, 2.75) is 44.3 Å². The molecule has 0 aromatic rings. The van der Waals surface area contributed by atoms with Gasteiger partial charge < -0.3 is 10.6 Å². The van der Waals surface area contributed by atoms with Crippen LogP contribution in [0.4, 0.5) is 0 Å². The van der Waals surface area contributed by atoms with Gasteiger partial charge in [0.1, 0.15) is 0 Å². The maximum Gasteiger partial charge on any atom is 0.218 e. The Balaban J connectivity index is 1.84. The average molecular weight is 303 g/mol. The van der Waals surface area contributed by atoms with Crippen LogP contribution in [0.3, 0.4) is 0 Å². The molecule has 2 aliphatic rings. The van der Waals surface area contributed by atoms with Gasteiger partial charge >= 0.3 is 0 Å². The van der Waals surface area contributed by atoms with E-state index in [0.29, 0.717) is 25.4 Å². The van der Waals surface area contributed by atoms with Crippen LogP contribution in [0.5, 0.6) is 0 Å². The SMILES string of the molecule is CCC(CN)S(=O)(=O)N1CCC(CN2CCCC2)CC1. The first-order valence-corrected chi connectivity index (χ1v) is 9.49. The van der Waals surface area contributed by atoms with Crippen LogP contribution >= 0.6 is 0 Å². The molecule has 0 saturated carbocycles. The smallest absolute Gasteiger partial charge is 0.218 e. The van der Waals surface area contributed by atoms with Crippen molar-refractivity contribution in [2.24, 2.45) is 11.7 Å². The lowest BCUT2D eigenvalue weighted by molar-refractivity contribution is 0.205. The van der Waals surface area contributed by atoms with Crippen molar-refractivity contribution in [1.29, 1.82) is 0 Å². The maximum atomic E-state index is 12.4. The molecule has 2 saturated heterocycles. The molecule has 5 nitrogen and oxygen atoms in total. The van der Waals surface area contributed by atoms with Gasteiger partial charge in [0.15, 0.2) is 0 Å². The molecule has 2 aliphatic heterocycles. The Bertz CT molecular complexity index is 381. The predicted molar refractivity (Wildman–Crippen MR) is 82.0 cm³/mol. The first-order valence-electron chi connectivity index (χ1n) is 7.99. The van der Waals surface area contributed by atoms with Gasteiger partial charge in [-0.15, -0.1) is 0 Å². The van der Waals surface area contributed by atoms with E-state index in [2.05, 4.69) is 4.90 Å². The van der Waals surface area contributed by atoms with Crippen LogP contribution in [0.15, 0.2) is 0 Å². The van der Waals surface area contributed by atoms with E-state index in [1.807, 2.05) is 6.92 Å². The van der Waals surface area contributed by atoms with Crippen molar-refractivity contribution in [3.63, 3.8) is 0 Å². The van der Waals surface area contributed by atoms with Crippen LogP contribution in [0.25, 0.3) is 0 Å². The molecule has 118 valence electrons. The van der Waals surface area contributed by atoms with Crippen molar-refractivity contribution in [1.82, 2.24) is 9.21 Å². The highest BCUT2D eigenvalue weighted by molar-refractivity contribution is 7.89. The highest BCUT2D eigenvalue weighted by Crippen LogP contribution is 2.24. The third kappa shape index (κ3) is 3.72. The lowest BCUT2D eigenvalue weighted by atomic mass is 9.98. The highest BCUT2D eigenvalue weighted by atomic mass is 32.2. The fourth-order valence-corrected chi connectivity index (χ4v) is 5.19. The summed E-state index contributed by atoms with van der Waals surface area (Å²) in [6, 6.07) is 0. The zero-order valence-electron chi connectivity index (χ0n) is 12.6. The molecule has 1 atom stereocenters. The lowest BCUT2D eigenvalue weighted by Crippen LogP contribution is -2.46. The number of rotatable bonds is 6. The highest BCUT2D eigenvalue weighted by Gasteiger charge is 2.33. The van der Waals surface area contributed by atoms with E-state index in [0.717, 1.165) is 19.4 Å². The molecule has 0 spiro atoms. The van der Waals surface area contributed by atoms with Crippen LogP contribution in [0, 0.1) is 5.92 Å². The minimum Gasteiger partial charge on any atom is -0.329 e. The molecule has 0 aromatic heterocycles. The maximum absolute atomic E-state index is 12.4. The number of piperidine rings is 1. The molecule has 2 N–H and O–H groups in total. The van der Waals surface area contributed by atoms with Gasteiger partial charge in [-0.1, -0.05) is 6.92 Å². The fourth-order valence-electron chi connectivity index (χ4n) is 3.39. The van der Waals surface area contributed by atoms with Crippen LogP contribution in [-0.2, 0) is 10.0 Å². The van der Waals surface area contributed by atoms with Gasteiger partial charge in [-0.2, -0.15) is 0 Å². The van der Waals surface area contributed by atoms with Crippen molar-refractivity contribution in [3.8, 4) is 0 Å². The second-order valence-corrected chi connectivity index (χ2v) is 8.37. The summed E-state index contributed by atoms with van der Waals surface area (Å²) >= 11 is 0. The first-order chi connectivity index (χ1) is 9.57. The standard InChI is InChI=1S/C14H29N3O2S/c1-2-14(11-15)20(18,19)17-9-5-13(6-10-17)12-16-7-3-4-8-16/h13-14H,2-12,15H2,1H3. The lowest BCUT2D eigenvalue weighted by Gasteiger charge is -2.34. The largest absolute Gasteiger partial charge is 0.329 e. The van der Waals surface area contributed by atoms with Crippen LogP contribution in [-0.4, -0.2) is 62.1 Å². The zero-order chi connectivity index (χ0) is 14.6. The number of likely N-dealkylation sites (tertiary alicyclic amines) is 1. The molecule has 2 heterocycles. The molecule has 0 bridgehead atoms. The summed E-state index contributed by atoms with van der Waals surface area (Å²) in [5, 5.41) is -0.405. The Kier molecular flexibility index (Phi) is 5.84. The van der Waals surface area contributed by atoms with Gasteiger partial charge in [-0.3, -0.25) is 0 Å². The summed E-state index contributed by atoms with van der Waals surface area (Å²) in [5.41, 5.74) is 5.60. The molecular formula is C14H29N3O2S. The summed E-state index contributed by atoms with van der Waals surface area (Å²) < 4.78 is 26.5. The van der Waals surface area contributed by atoms with Crippen LogP contribution in [0.2, 0.25) is 0 Å². The summed E-state index contributed by atoms with van der Waals surface area (Å²) in [5.74, 6) is 0.664. The summed E-state index contributed by atoms with van der Waals surface area (Å²) in [7, 11) is -3.18. The van der Waals surface area contributed by atoms with Gasteiger partial charge in [0.2, 0.25) is 10.0 Å². The predicted octanol–water partition coefficient (Wildman–Crippen LogP) is 0.861. The van der Waals surface area contributed by atoms with Gasteiger partial charge in [0, 0.05) is 26.2 Å². The molecule has 6 heteroatoms. The Hall–Kier alpha value is -0.170. The Morgan fingerprint density at radius 2 is 1.75 bits per heavy atom. The van der Waals surface area contributed by atoms with Gasteiger partial charge in [0.05, 0.1) is 5.25 Å².